The highest BCUT2D eigenvalue weighted by atomic mass is 35.5. The molecule has 2 rings (SSSR count). The number of aliphatic hydroxyl groups excluding tert-OH is 1. The van der Waals surface area contributed by atoms with E-state index < -0.39 is 0 Å². The molecule has 0 amide bonds. The Hall–Kier alpha value is -1.03. The molecule has 0 radical (unpaired) electrons. The van der Waals surface area contributed by atoms with Crippen LogP contribution >= 0.6 is 11.6 Å². The molecule has 1 aromatic heterocycles. The third-order valence-electron chi connectivity index (χ3n) is 3.90. The summed E-state index contributed by atoms with van der Waals surface area (Å²) in [5.74, 6) is 0.346. The van der Waals surface area contributed by atoms with Gasteiger partial charge in [0.25, 0.3) is 0 Å². The maximum Gasteiger partial charge on any atom is 0.199 e. The van der Waals surface area contributed by atoms with Crippen molar-refractivity contribution in [3.63, 3.8) is 0 Å². The maximum absolute atomic E-state index is 10.1. The molecule has 0 saturated carbocycles. The van der Waals surface area contributed by atoms with Crippen LogP contribution < -0.4 is 5.32 Å². The van der Waals surface area contributed by atoms with Crippen molar-refractivity contribution in [1.82, 2.24) is 5.32 Å². The number of halogens is 1. The van der Waals surface area contributed by atoms with Crippen LogP contribution in [0.2, 0.25) is 5.22 Å². The molecule has 3 nitrogen and oxygen atoms in total. The number of rotatable bonds is 7. The zero-order valence-corrected chi connectivity index (χ0v) is 12.8. The van der Waals surface area contributed by atoms with Gasteiger partial charge in [-0.1, -0.05) is 44.9 Å². The molecule has 110 valence electrons. The van der Waals surface area contributed by atoms with E-state index in [4.69, 9.17) is 16.0 Å². The Balaban J connectivity index is 1.98. The number of furan rings is 1. The Morgan fingerprint density at radius 1 is 1.25 bits per heavy atom. The van der Waals surface area contributed by atoms with Crippen LogP contribution in [0.5, 0.6) is 0 Å². The molecule has 1 aromatic carbocycles. The first kappa shape index (κ1) is 15.4. The van der Waals surface area contributed by atoms with Gasteiger partial charge in [-0.15, -0.1) is 0 Å². The molecule has 1 unspecified atom stereocenters. The van der Waals surface area contributed by atoms with Gasteiger partial charge in [0, 0.05) is 24.0 Å². The monoisotopic (exact) mass is 295 g/mol. The van der Waals surface area contributed by atoms with Crippen LogP contribution in [0.25, 0.3) is 11.0 Å². The Kier molecular flexibility index (Phi) is 5.46. The minimum absolute atomic E-state index is 0.318. The number of benzene rings is 1. The predicted octanol–water partition coefficient (Wildman–Crippen LogP) is 3.97. The highest BCUT2D eigenvalue weighted by Gasteiger charge is 2.16. The largest absolute Gasteiger partial charge is 0.444 e. The summed E-state index contributed by atoms with van der Waals surface area (Å²) in [4.78, 5) is 0. The average molecular weight is 296 g/mol. The number of para-hydroxylation sites is 1. The van der Waals surface area contributed by atoms with E-state index in [9.17, 15) is 5.11 Å². The van der Waals surface area contributed by atoms with Crippen molar-refractivity contribution in [2.45, 2.75) is 39.3 Å². The number of fused-ring (bicyclic) bond motifs is 1. The van der Waals surface area contributed by atoms with Gasteiger partial charge >= 0.3 is 0 Å². The molecule has 20 heavy (non-hydrogen) atoms. The molecular formula is C16H22ClNO2. The molecule has 0 fully saturated rings. The molecular weight excluding hydrogens is 274 g/mol. The van der Waals surface area contributed by atoms with Crippen LogP contribution in [-0.2, 0) is 6.54 Å². The molecule has 0 aliphatic carbocycles. The molecule has 4 heteroatoms. The fraction of sp³-hybridized carbons (Fsp3) is 0.500. The van der Waals surface area contributed by atoms with Crippen molar-refractivity contribution in [3.05, 3.63) is 35.0 Å². The van der Waals surface area contributed by atoms with Crippen molar-refractivity contribution in [2.24, 2.45) is 5.92 Å². The summed E-state index contributed by atoms with van der Waals surface area (Å²) in [6, 6.07) is 7.80. The van der Waals surface area contributed by atoms with Crippen LogP contribution in [0.1, 0.15) is 32.3 Å². The smallest absolute Gasteiger partial charge is 0.199 e. The predicted molar refractivity (Wildman–Crippen MR) is 83.0 cm³/mol. The minimum atomic E-state index is -0.318. The van der Waals surface area contributed by atoms with E-state index in [-0.39, 0.29) is 6.10 Å². The van der Waals surface area contributed by atoms with Gasteiger partial charge in [0.15, 0.2) is 5.22 Å². The van der Waals surface area contributed by atoms with E-state index in [2.05, 4.69) is 19.2 Å². The van der Waals surface area contributed by atoms with Crippen molar-refractivity contribution in [2.75, 3.05) is 6.54 Å². The summed E-state index contributed by atoms with van der Waals surface area (Å²) < 4.78 is 5.51. The summed E-state index contributed by atoms with van der Waals surface area (Å²) in [6.45, 7) is 5.39. The normalized spacial score (nSPS) is 13.2. The summed E-state index contributed by atoms with van der Waals surface area (Å²) in [6.07, 6.45) is 1.67. The molecule has 2 aromatic rings. The highest BCUT2D eigenvalue weighted by molar-refractivity contribution is 6.30. The minimum Gasteiger partial charge on any atom is -0.444 e. The number of hydrogen-bond donors (Lipinski definition) is 2. The second-order valence-corrected chi connectivity index (χ2v) is 5.47. The number of hydrogen-bond acceptors (Lipinski definition) is 3. The van der Waals surface area contributed by atoms with Gasteiger partial charge in [-0.05, 0) is 23.6 Å². The topological polar surface area (TPSA) is 45.4 Å². The molecule has 0 aliphatic heterocycles. The highest BCUT2D eigenvalue weighted by Crippen LogP contribution is 2.29. The van der Waals surface area contributed by atoms with Gasteiger partial charge in [0.2, 0.25) is 0 Å². The van der Waals surface area contributed by atoms with Gasteiger partial charge in [-0.3, -0.25) is 0 Å². The number of nitrogens with one attached hydrogen (secondary N) is 1. The lowest BCUT2D eigenvalue weighted by Crippen LogP contribution is -2.32. The van der Waals surface area contributed by atoms with Crippen LogP contribution in [0.15, 0.2) is 28.7 Å². The van der Waals surface area contributed by atoms with Gasteiger partial charge in [-0.2, -0.15) is 0 Å². The lowest BCUT2D eigenvalue weighted by atomic mass is 9.96. The Bertz CT molecular complexity index is 548. The third kappa shape index (κ3) is 3.35. The summed E-state index contributed by atoms with van der Waals surface area (Å²) >= 11 is 6.13. The first-order chi connectivity index (χ1) is 9.67. The van der Waals surface area contributed by atoms with Crippen molar-refractivity contribution < 1.29 is 9.52 Å². The summed E-state index contributed by atoms with van der Waals surface area (Å²) in [5.41, 5.74) is 1.76. The van der Waals surface area contributed by atoms with E-state index in [1.165, 1.54) is 0 Å². The van der Waals surface area contributed by atoms with Gasteiger partial charge in [-0.25, -0.2) is 0 Å². The van der Waals surface area contributed by atoms with E-state index >= 15 is 0 Å². The second-order valence-electron chi connectivity index (χ2n) is 5.13. The fourth-order valence-corrected chi connectivity index (χ4v) is 2.83. The summed E-state index contributed by atoms with van der Waals surface area (Å²) in [5, 5.41) is 14.8. The molecule has 2 N–H and O–H groups in total. The molecule has 0 saturated heterocycles. The zero-order valence-electron chi connectivity index (χ0n) is 12.0. The quantitative estimate of drug-likeness (QED) is 0.812. The zero-order chi connectivity index (χ0) is 14.5. The lowest BCUT2D eigenvalue weighted by molar-refractivity contribution is 0.101. The van der Waals surface area contributed by atoms with E-state index in [1.54, 1.807) is 0 Å². The first-order valence-corrected chi connectivity index (χ1v) is 7.59. The van der Waals surface area contributed by atoms with Crippen molar-refractivity contribution >= 4 is 22.6 Å². The van der Waals surface area contributed by atoms with Crippen LogP contribution in [0.4, 0.5) is 0 Å². The molecule has 1 atom stereocenters. The van der Waals surface area contributed by atoms with E-state index in [0.29, 0.717) is 24.2 Å². The standard InChI is InChI=1S/C16H22ClNO2/c1-3-11(4-2)14(19)10-18-9-13-12-7-5-6-8-15(12)20-16(13)17/h5-8,11,14,18-19H,3-4,9-10H2,1-2H3. The van der Waals surface area contributed by atoms with Gasteiger partial charge in [0.1, 0.15) is 5.58 Å². The fourth-order valence-electron chi connectivity index (χ4n) is 2.58. The van der Waals surface area contributed by atoms with Crippen LogP contribution in [0.3, 0.4) is 0 Å². The second kappa shape index (κ2) is 7.11. The van der Waals surface area contributed by atoms with Crippen LogP contribution in [-0.4, -0.2) is 17.8 Å². The lowest BCUT2D eigenvalue weighted by Gasteiger charge is -2.20. The Morgan fingerprint density at radius 3 is 2.65 bits per heavy atom. The van der Waals surface area contributed by atoms with E-state index in [1.807, 2.05) is 24.3 Å². The van der Waals surface area contributed by atoms with Crippen molar-refractivity contribution in [3.8, 4) is 0 Å². The molecule has 1 heterocycles. The van der Waals surface area contributed by atoms with Gasteiger partial charge < -0.3 is 14.8 Å². The summed E-state index contributed by atoms with van der Waals surface area (Å²) in [7, 11) is 0. The third-order valence-corrected chi connectivity index (χ3v) is 4.20. The SMILES string of the molecule is CCC(CC)C(O)CNCc1c(Cl)oc2ccccc12. The maximum atomic E-state index is 10.1. The first-order valence-electron chi connectivity index (χ1n) is 7.22. The molecule has 0 spiro atoms. The Morgan fingerprint density at radius 2 is 1.95 bits per heavy atom. The van der Waals surface area contributed by atoms with Gasteiger partial charge in [0.05, 0.1) is 6.10 Å². The van der Waals surface area contributed by atoms with E-state index in [0.717, 1.165) is 29.4 Å². The molecule has 0 aliphatic rings. The van der Waals surface area contributed by atoms with Crippen LogP contribution in [0, 0.1) is 5.92 Å². The van der Waals surface area contributed by atoms with Crippen molar-refractivity contribution in [1.29, 1.82) is 0 Å². The number of aliphatic hydroxyl groups is 1. The molecule has 0 bridgehead atoms. The Labute approximate surface area is 124 Å². The average Bonchev–Trinajstić information content (AvgIpc) is 2.76.